The van der Waals surface area contributed by atoms with Gasteiger partial charge in [0.25, 0.3) is 0 Å². The summed E-state index contributed by atoms with van der Waals surface area (Å²) >= 11 is 0. The molecule has 0 saturated carbocycles. The molecule has 1 aliphatic heterocycles. The number of ether oxygens (including phenoxy) is 1. The Morgan fingerprint density at radius 3 is 3.00 bits per heavy atom. The van der Waals surface area contributed by atoms with Crippen molar-refractivity contribution in [1.82, 2.24) is 10.2 Å². The van der Waals surface area contributed by atoms with Gasteiger partial charge < -0.3 is 9.84 Å². The van der Waals surface area contributed by atoms with Gasteiger partial charge in [-0.2, -0.15) is 10.2 Å². The molecule has 1 fully saturated rings. The lowest BCUT2D eigenvalue weighted by Crippen LogP contribution is -2.24. The highest BCUT2D eigenvalue weighted by Gasteiger charge is 2.26. The molecular weight excluding hydrogens is 216 g/mol. The Kier molecular flexibility index (Phi) is 4.07. The third-order valence-electron chi connectivity index (χ3n) is 3.32. The van der Waals surface area contributed by atoms with Crippen LogP contribution in [-0.2, 0) is 11.2 Å². The minimum absolute atomic E-state index is 0.192. The minimum Gasteiger partial charge on any atom is -0.388 e. The molecule has 4 nitrogen and oxygen atoms in total. The molecule has 1 N–H and O–H groups in total. The number of aryl methyl sites for hydroxylation is 2. The predicted octanol–water partition coefficient (Wildman–Crippen LogP) is 1.81. The van der Waals surface area contributed by atoms with Crippen molar-refractivity contribution in [3.63, 3.8) is 0 Å². The van der Waals surface area contributed by atoms with E-state index in [1.54, 1.807) is 0 Å². The van der Waals surface area contributed by atoms with Crippen LogP contribution < -0.4 is 0 Å². The summed E-state index contributed by atoms with van der Waals surface area (Å²) in [4.78, 5) is 0. The summed E-state index contributed by atoms with van der Waals surface area (Å²) in [5.74, 6) is 0.192. The lowest BCUT2D eigenvalue weighted by atomic mass is 9.90. The zero-order chi connectivity index (χ0) is 12.3. The Balaban J connectivity index is 2.21. The normalized spacial score (nSPS) is 22.4. The molecule has 1 aromatic heterocycles. The highest BCUT2D eigenvalue weighted by Crippen LogP contribution is 2.30. The molecule has 94 valence electrons. The van der Waals surface area contributed by atoms with Gasteiger partial charge in [-0.3, -0.25) is 0 Å². The summed E-state index contributed by atoms with van der Waals surface area (Å²) in [5.41, 5.74) is 2.68. The average molecular weight is 236 g/mol. The lowest BCUT2D eigenvalue weighted by Gasteiger charge is -2.27. The fourth-order valence-electron chi connectivity index (χ4n) is 2.33. The second kappa shape index (κ2) is 5.56. The maximum atomic E-state index is 10.4. The first-order valence-corrected chi connectivity index (χ1v) is 6.31. The summed E-state index contributed by atoms with van der Waals surface area (Å²) in [6.45, 7) is 5.40. The van der Waals surface area contributed by atoms with E-state index in [9.17, 15) is 5.11 Å². The summed E-state index contributed by atoms with van der Waals surface area (Å²) in [5, 5.41) is 18.6. The average Bonchev–Trinajstić information content (AvgIpc) is 2.39. The molecule has 1 saturated heterocycles. The summed E-state index contributed by atoms with van der Waals surface area (Å²) in [7, 11) is 0. The Morgan fingerprint density at radius 2 is 2.35 bits per heavy atom. The number of hydrogen-bond acceptors (Lipinski definition) is 4. The van der Waals surface area contributed by atoms with Crippen molar-refractivity contribution in [3.8, 4) is 0 Å². The van der Waals surface area contributed by atoms with Gasteiger partial charge in [0.05, 0.1) is 24.1 Å². The molecule has 2 unspecified atom stereocenters. The highest BCUT2D eigenvalue weighted by molar-refractivity contribution is 5.24. The molecule has 1 aliphatic rings. The monoisotopic (exact) mass is 236 g/mol. The van der Waals surface area contributed by atoms with E-state index in [1.807, 2.05) is 19.9 Å². The van der Waals surface area contributed by atoms with Crippen LogP contribution in [0.15, 0.2) is 6.07 Å². The van der Waals surface area contributed by atoms with Gasteiger partial charge in [-0.25, -0.2) is 0 Å². The van der Waals surface area contributed by atoms with Crippen LogP contribution in [-0.4, -0.2) is 28.5 Å². The van der Waals surface area contributed by atoms with E-state index in [-0.39, 0.29) is 5.92 Å². The van der Waals surface area contributed by atoms with Crippen molar-refractivity contribution < 1.29 is 9.84 Å². The van der Waals surface area contributed by atoms with Crippen molar-refractivity contribution in [2.24, 2.45) is 5.92 Å². The zero-order valence-corrected chi connectivity index (χ0v) is 10.5. The number of hydrogen-bond donors (Lipinski definition) is 1. The number of aliphatic hydroxyl groups excluding tert-OH is 1. The van der Waals surface area contributed by atoms with Gasteiger partial charge in [-0.1, -0.05) is 6.92 Å². The van der Waals surface area contributed by atoms with Crippen LogP contribution in [0.3, 0.4) is 0 Å². The van der Waals surface area contributed by atoms with Crippen LogP contribution in [0.4, 0.5) is 0 Å². The Hall–Kier alpha value is -1.00. The molecule has 0 bridgehead atoms. The Morgan fingerprint density at radius 1 is 1.53 bits per heavy atom. The third-order valence-corrected chi connectivity index (χ3v) is 3.32. The number of aliphatic hydroxyl groups is 1. The van der Waals surface area contributed by atoms with Crippen molar-refractivity contribution in [1.29, 1.82) is 0 Å². The fraction of sp³-hybridized carbons (Fsp3) is 0.692. The molecule has 2 heterocycles. The van der Waals surface area contributed by atoms with E-state index in [0.29, 0.717) is 6.61 Å². The van der Waals surface area contributed by atoms with Gasteiger partial charge in [0.1, 0.15) is 0 Å². The number of rotatable bonds is 3. The summed E-state index contributed by atoms with van der Waals surface area (Å²) in [6.07, 6.45) is 2.37. The third kappa shape index (κ3) is 2.82. The lowest BCUT2D eigenvalue weighted by molar-refractivity contribution is -0.0105. The van der Waals surface area contributed by atoms with Gasteiger partial charge in [-0.05, 0) is 32.3 Å². The summed E-state index contributed by atoms with van der Waals surface area (Å²) < 4.78 is 5.43. The van der Waals surface area contributed by atoms with Crippen molar-refractivity contribution in [2.45, 2.75) is 39.2 Å². The highest BCUT2D eigenvalue weighted by atomic mass is 16.5. The molecule has 0 aromatic carbocycles. The molecule has 17 heavy (non-hydrogen) atoms. The van der Waals surface area contributed by atoms with Gasteiger partial charge in [-0.15, -0.1) is 0 Å². The standard InChI is InChI=1S/C13H20N2O2/c1-3-12-11(7-9(2)14-15-12)13(16)10-5-4-6-17-8-10/h7,10,13,16H,3-6,8H2,1-2H3. The molecular formula is C13H20N2O2. The zero-order valence-electron chi connectivity index (χ0n) is 10.5. The van der Waals surface area contributed by atoms with Crippen LogP contribution >= 0.6 is 0 Å². The smallest absolute Gasteiger partial charge is 0.0859 e. The Labute approximate surface area is 102 Å². The molecule has 4 heteroatoms. The van der Waals surface area contributed by atoms with Crippen LogP contribution in [0.1, 0.15) is 42.8 Å². The molecule has 0 aliphatic carbocycles. The largest absolute Gasteiger partial charge is 0.388 e. The quantitative estimate of drug-likeness (QED) is 0.869. The van der Waals surface area contributed by atoms with E-state index in [4.69, 9.17) is 4.74 Å². The summed E-state index contributed by atoms with van der Waals surface area (Å²) in [6, 6.07) is 1.95. The van der Waals surface area contributed by atoms with E-state index in [2.05, 4.69) is 10.2 Å². The molecule has 0 amide bonds. The fourth-order valence-corrected chi connectivity index (χ4v) is 2.33. The van der Waals surface area contributed by atoms with Crippen LogP contribution in [0.5, 0.6) is 0 Å². The van der Waals surface area contributed by atoms with Gasteiger partial charge in [0.15, 0.2) is 0 Å². The van der Waals surface area contributed by atoms with E-state index in [0.717, 1.165) is 42.8 Å². The second-order valence-electron chi connectivity index (χ2n) is 4.66. The van der Waals surface area contributed by atoms with Crippen LogP contribution in [0.2, 0.25) is 0 Å². The SMILES string of the molecule is CCc1nnc(C)cc1C(O)C1CCCOC1. The second-order valence-corrected chi connectivity index (χ2v) is 4.66. The van der Waals surface area contributed by atoms with Gasteiger partial charge in [0, 0.05) is 18.1 Å². The van der Waals surface area contributed by atoms with Crippen molar-refractivity contribution >= 4 is 0 Å². The van der Waals surface area contributed by atoms with Gasteiger partial charge in [0.2, 0.25) is 0 Å². The Bertz CT molecular complexity index is 376. The first-order chi connectivity index (χ1) is 8.22. The van der Waals surface area contributed by atoms with Crippen molar-refractivity contribution in [3.05, 3.63) is 23.0 Å². The predicted molar refractivity (Wildman–Crippen MR) is 64.6 cm³/mol. The maximum absolute atomic E-state index is 10.4. The van der Waals surface area contributed by atoms with E-state index < -0.39 is 6.10 Å². The van der Waals surface area contributed by atoms with E-state index in [1.165, 1.54) is 0 Å². The molecule has 0 spiro atoms. The minimum atomic E-state index is -0.473. The number of nitrogens with zero attached hydrogens (tertiary/aromatic N) is 2. The first-order valence-electron chi connectivity index (χ1n) is 6.31. The van der Waals surface area contributed by atoms with Gasteiger partial charge >= 0.3 is 0 Å². The first kappa shape index (κ1) is 12.5. The van der Waals surface area contributed by atoms with Crippen molar-refractivity contribution in [2.75, 3.05) is 13.2 Å². The molecule has 0 radical (unpaired) electrons. The van der Waals surface area contributed by atoms with Crippen LogP contribution in [0.25, 0.3) is 0 Å². The molecule has 2 atom stereocenters. The topological polar surface area (TPSA) is 55.2 Å². The molecule has 1 aromatic rings. The maximum Gasteiger partial charge on any atom is 0.0859 e. The van der Waals surface area contributed by atoms with Crippen LogP contribution in [0, 0.1) is 12.8 Å². The number of aromatic nitrogens is 2. The van der Waals surface area contributed by atoms with E-state index >= 15 is 0 Å². The molecule has 2 rings (SSSR count).